The molecule has 1 aliphatic heterocycles. The van der Waals surface area contributed by atoms with Crippen molar-refractivity contribution in [2.75, 3.05) is 32.2 Å². The second-order valence-electron chi connectivity index (χ2n) is 8.30. The summed E-state index contributed by atoms with van der Waals surface area (Å²) in [6.07, 6.45) is 6.75. The second-order valence-corrected chi connectivity index (χ2v) is 8.30. The van der Waals surface area contributed by atoms with E-state index in [9.17, 15) is 4.79 Å². The number of methoxy groups -OCH3 is 1. The fourth-order valence-corrected chi connectivity index (χ4v) is 4.24. The summed E-state index contributed by atoms with van der Waals surface area (Å²) in [6.45, 7) is 6.18. The smallest absolute Gasteiger partial charge is 0.258 e. The number of ether oxygens (including phenoxy) is 2. The Hall–Kier alpha value is -2.53. The third kappa shape index (κ3) is 5.40. The average Bonchev–Trinajstić information content (AvgIpc) is 2.78. The Bertz CT molecular complexity index is 854. The standard InChI is InChI=1S/C26H36N2O3/c1-4-5-6-7-12-20-31-24-17-11-9-15-22(24)26(2)27-23-16-10-8-14-21(23)25(29)28(26)18-13-19-30-3/h8-11,14-17,27H,4-7,12-13,18-20H2,1-3H3. The van der Waals surface area contributed by atoms with Gasteiger partial charge in [0.1, 0.15) is 11.4 Å². The Morgan fingerprint density at radius 2 is 1.68 bits per heavy atom. The number of nitrogens with one attached hydrogen (secondary N) is 1. The van der Waals surface area contributed by atoms with Crippen LogP contribution in [0.5, 0.6) is 5.75 Å². The molecule has 5 nitrogen and oxygen atoms in total. The van der Waals surface area contributed by atoms with Crippen LogP contribution in [0.2, 0.25) is 0 Å². The monoisotopic (exact) mass is 424 g/mol. The van der Waals surface area contributed by atoms with Crippen LogP contribution < -0.4 is 10.1 Å². The summed E-state index contributed by atoms with van der Waals surface area (Å²) in [7, 11) is 1.69. The lowest BCUT2D eigenvalue weighted by molar-refractivity contribution is 0.0498. The summed E-state index contributed by atoms with van der Waals surface area (Å²) in [5, 5.41) is 3.64. The molecule has 1 atom stereocenters. The van der Waals surface area contributed by atoms with Crippen molar-refractivity contribution in [3.05, 3.63) is 59.7 Å². The van der Waals surface area contributed by atoms with Crippen LogP contribution in [0.4, 0.5) is 5.69 Å². The highest BCUT2D eigenvalue weighted by Gasteiger charge is 2.43. The Balaban J connectivity index is 1.86. The Morgan fingerprint density at radius 1 is 0.935 bits per heavy atom. The fourth-order valence-electron chi connectivity index (χ4n) is 4.24. The molecular weight excluding hydrogens is 388 g/mol. The fraction of sp³-hybridized carbons (Fsp3) is 0.500. The SMILES string of the molecule is CCCCCCCOc1ccccc1C1(C)Nc2ccccc2C(=O)N1CCCOC. The van der Waals surface area contributed by atoms with Crippen molar-refractivity contribution < 1.29 is 14.3 Å². The van der Waals surface area contributed by atoms with E-state index in [2.05, 4.69) is 25.2 Å². The maximum Gasteiger partial charge on any atom is 0.258 e. The number of carbonyl (C=O) groups is 1. The van der Waals surface area contributed by atoms with Gasteiger partial charge in [0.25, 0.3) is 5.91 Å². The molecular formula is C26H36N2O3. The van der Waals surface area contributed by atoms with Crippen molar-refractivity contribution >= 4 is 11.6 Å². The summed E-state index contributed by atoms with van der Waals surface area (Å²) in [4.78, 5) is 15.4. The van der Waals surface area contributed by atoms with Crippen LogP contribution in [-0.4, -0.2) is 37.7 Å². The van der Waals surface area contributed by atoms with E-state index < -0.39 is 5.66 Å². The van der Waals surface area contributed by atoms with Gasteiger partial charge >= 0.3 is 0 Å². The summed E-state index contributed by atoms with van der Waals surface area (Å²) >= 11 is 0. The average molecular weight is 425 g/mol. The molecule has 168 valence electrons. The summed E-state index contributed by atoms with van der Waals surface area (Å²) in [5.74, 6) is 0.860. The van der Waals surface area contributed by atoms with Gasteiger partial charge in [-0.3, -0.25) is 4.79 Å². The van der Waals surface area contributed by atoms with E-state index in [0.29, 0.717) is 25.3 Å². The van der Waals surface area contributed by atoms with Gasteiger partial charge < -0.3 is 19.7 Å². The van der Waals surface area contributed by atoms with Crippen molar-refractivity contribution in [3.8, 4) is 5.75 Å². The van der Waals surface area contributed by atoms with E-state index >= 15 is 0 Å². The largest absolute Gasteiger partial charge is 0.493 e. The molecule has 1 heterocycles. The first-order valence-corrected chi connectivity index (χ1v) is 11.5. The van der Waals surface area contributed by atoms with Gasteiger partial charge in [-0.15, -0.1) is 0 Å². The zero-order chi connectivity index (χ0) is 22.1. The molecule has 0 fully saturated rings. The lowest BCUT2D eigenvalue weighted by Gasteiger charge is -2.47. The maximum atomic E-state index is 13.5. The Kier molecular flexibility index (Phi) is 8.35. The quantitative estimate of drug-likeness (QED) is 0.437. The van der Waals surface area contributed by atoms with Gasteiger partial charge in [0.05, 0.1) is 12.2 Å². The first-order chi connectivity index (χ1) is 15.1. The number of hydrogen-bond acceptors (Lipinski definition) is 4. The van der Waals surface area contributed by atoms with Crippen LogP contribution in [0.25, 0.3) is 0 Å². The highest BCUT2D eigenvalue weighted by molar-refractivity contribution is 6.02. The minimum absolute atomic E-state index is 0.0299. The first-order valence-electron chi connectivity index (χ1n) is 11.5. The Morgan fingerprint density at radius 3 is 2.48 bits per heavy atom. The second kappa shape index (κ2) is 11.2. The van der Waals surface area contributed by atoms with E-state index in [1.54, 1.807) is 7.11 Å². The van der Waals surface area contributed by atoms with Crippen LogP contribution in [0.15, 0.2) is 48.5 Å². The molecule has 1 aliphatic rings. The zero-order valence-corrected chi connectivity index (χ0v) is 19.2. The van der Waals surface area contributed by atoms with E-state index in [-0.39, 0.29) is 5.91 Å². The Labute approximate surface area is 186 Å². The van der Waals surface area contributed by atoms with E-state index in [1.165, 1.54) is 25.7 Å². The number of rotatable bonds is 12. The van der Waals surface area contributed by atoms with Crippen molar-refractivity contribution in [2.45, 2.75) is 58.0 Å². The van der Waals surface area contributed by atoms with Gasteiger partial charge in [-0.05, 0) is 38.0 Å². The summed E-state index contributed by atoms with van der Waals surface area (Å²) in [5.41, 5.74) is 1.82. The normalized spacial score (nSPS) is 17.9. The molecule has 5 heteroatoms. The lowest BCUT2D eigenvalue weighted by atomic mass is 9.92. The van der Waals surface area contributed by atoms with E-state index in [4.69, 9.17) is 9.47 Å². The van der Waals surface area contributed by atoms with Crippen LogP contribution in [0, 0.1) is 0 Å². The van der Waals surface area contributed by atoms with Crippen LogP contribution in [-0.2, 0) is 10.4 Å². The van der Waals surface area contributed by atoms with Crippen LogP contribution in [0.3, 0.4) is 0 Å². The molecule has 0 saturated heterocycles. The maximum absolute atomic E-state index is 13.5. The number of para-hydroxylation sites is 2. The molecule has 3 rings (SSSR count). The number of benzene rings is 2. The van der Waals surface area contributed by atoms with Gasteiger partial charge in [-0.25, -0.2) is 0 Å². The van der Waals surface area contributed by atoms with Crippen molar-refractivity contribution in [1.82, 2.24) is 4.90 Å². The molecule has 1 amide bonds. The van der Waals surface area contributed by atoms with Gasteiger partial charge in [0, 0.05) is 31.5 Å². The molecule has 0 aromatic heterocycles. The molecule has 2 aromatic carbocycles. The molecule has 0 aliphatic carbocycles. The van der Waals surface area contributed by atoms with Crippen molar-refractivity contribution in [2.24, 2.45) is 0 Å². The van der Waals surface area contributed by atoms with E-state index in [0.717, 1.165) is 29.8 Å². The predicted molar refractivity (Wildman–Crippen MR) is 126 cm³/mol. The van der Waals surface area contributed by atoms with Gasteiger partial charge in [-0.1, -0.05) is 62.9 Å². The molecule has 1 unspecified atom stereocenters. The molecule has 0 bridgehead atoms. The van der Waals surface area contributed by atoms with Crippen LogP contribution in [0.1, 0.15) is 68.3 Å². The highest BCUT2D eigenvalue weighted by Crippen LogP contribution is 2.41. The zero-order valence-electron chi connectivity index (χ0n) is 19.2. The lowest BCUT2D eigenvalue weighted by Crippen LogP contribution is -2.56. The molecule has 31 heavy (non-hydrogen) atoms. The molecule has 0 spiro atoms. The number of fused-ring (bicyclic) bond motifs is 1. The summed E-state index contributed by atoms with van der Waals surface area (Å²) in [6, 6.07) is 15.8. The van der Waals surface area contributed by atoms with Gasteiger partial charge in [-0.2, -0.15) is 0 Å². The number of anilines is 1. The third-order valence-corrected chi connectivity index (χ3v) is 5.97. The number of unbranched alkanes of at least 4 members (excludes halogenated alkanes) is 4. The number of amides is 1. The van der Waals surface area contributed by atoms with Gasteiger partial charge in [0.2, 0.25) is 0 Å². The third-order valence-electron chi connectivity index (χ3n) is 5.97. The van der Waals surface area contributed by atoms with Crippen molar-refractivity contribution in [1.29, 1.82) is 0 Å². The van der Waals surface area contributed by atoms with Crippen LogP contribution >= 0.6 is 0 Å². The summed E-state index contributed by atoms with van der Waals surface area (Å²) < 4.78 is 11.5. The molecule has 0 saturated carbocycles. The van der Waals surface area contributed by atoms with Crippen molar-refractivity contribution in [3.63, 3.8) is 0 Å². The minimum atomic E-state index is -0.710. The van der Waals surface area contributed by atoms with Gasteiger partial charge in [0.15, 0.2) is 0 Å². The topological polar surface area (TPSA) is 50.8 Å². The van der Waals surface area contributed by atoms with E-state index in [1.807, 2.05) is 47.4 Å². The first kappa shape index (κ1) is 23.1. The number of hydrogen-bond donors (Lipinski definition) is 1. The molecule has 2 aromatic rings. The predicted octanol–water partition coefficient (Wildman–Crippen LogP) is 5.81. The minimum Gasteiger partial charge on any atom is -0.493 e. The number of nitrogens with zero attached hydrogens (tertiary/aromatic N) is 1. The highest BCUT2D eigenvalue weighted by atomic mass is 16.5. The number of carbonyl (C=O) groups excluding carboxylic acids is 1. The molecule has 1 N–H and O–H groups in total. The molecule has 0 radical (unpaired) electrons.